The highest BCUT2D eigenvalue weighted by Gasteiger charge is 2.50. The molecule has 5 rings (SSSR count). The third kappa shape index (κ3) is 14.4. The fourth-order valence-electron chi connectivity index (χ4n) is 4.67. The van der Waals surface area contributed by atoms with E-state index in [4.69, 9.17) is 34.2 Å². The Morgan fingerprint density at radius 1 is 0.857 bits per heavy atom. The third-order valence-electron chi connectivity index (χ3n) is 7.40. The SMILES string of the molecule is O=C(NCCN1CCC2(CC1)C(=O)NCN2Cc1cccnc1)c1nc(-c2ccc(F)cc2)no1.O=C(O)C(F)(F)F.O=C(O)C(F)(F)F.O=C(O)C(F)(F)F. The average molecular weight is 822 g/mol. The maximum absolute atomic E-state index is 13.1. The van der Waals surface area contributed by atoms with Gasteiger partial charge in [-0.2, -0.15) is 44.5 Å². The summed E-state index contributed by atoms with van der Waals surface area (Å²) in [5.74, 6) is -8.93. The smallest absolute Gasteiger partial charge is 0.475 e. The summed E-state index contributed by atoms with van der Waals surface area (Å²) in [7, 11) is 0. The molecule has 308 valence electrons. The number of carbonyl (C=O) groups excluding carboxylic acids is 2. The molecule has 2 fully saturated rings. The first-order valence-electron chi connectivity index (χ1n) is 15.3. The van der Waals surface area contributed by atoms with Crippen molar-refractivity contribution >= 4 is 29.7 Å². The number of rotatable bonds is 7. The van der Waals surface area contributed by atoms with Crippen LogP contribution in [0.4, 0.5) is 43.9 Å². The van der Waals surface area contributed by atoms with Crippen LogP contribution in [0, 0.1) is 5.82 Å². The number of likely N-dealkylation sites (tertiary alicyclic amines) is 1. The lowest BCUT2D eigenvalue weighted by molar-refractivity contribution is -0.193. The number of hydrogen-bond acceptors (Lipinski definition) is 11. The van der Waals surface area contributed by atoms with E-state index >= 15 is 0 Å². The van der Waals surface area contributed by atoms with Crippen LogP contribution in [0.1, 0.15) is 29.1 Å². The lowest BCUT2D eigenvalue weighted by atomic mass is 9.86. The van der Waals surface area contributed by atoms with Gasteiger partial charge in [-0.05, 0) is 48.7 Å². The second-order valence-electron chi connectivity index (χ2n) is 11.2. The number of pyridine rings is 1. The summed E-state index contributed by atoms with van der Waals surface area (Å²) >= 11 is 0. The number of hydrogen-bond donors (Lipinski definition) is 5. The molecule has 0 saturated carbocycles. The number of carbonyl (C=O) groups is 5. The second-order valence-corrected chi connectivity index (χ2v) is 11.2. The van der Waals surface area contributed by atoms with Crippen molar-refractivity contribution in [2.75, 3.05) is 32.8 Å². The number of benzene rings is 1. The molecule has 56 heavy (non-hydrogen) atoms. The Kier molecular flexibility index (Phi) is 16.2. The molecule has 0 aliphatic carbocycles. The molecule has 0 atom stereocenters. The molecule has 16 nitrogen and oxygen atoms in total. The monoisotopic (exact) mass is 821 g/mol. The van der Waals surface area contributed by atoms with Crippen LogP contribution in [-0.4, -0.2) is 127 Å². The van der Waals surface area contributed by atoms with E-state index < -0.39 is 47.9 Å². The number of carboxylic acid groups (broad SMARTS) is 3. The van der Waals surface area contributed by atoms with E-state index in [0.29, 0.717) is 31.9 Å². The minimum Gasteiger partial charge on any atom is -0.475 e. The predicted octanol–water partition coefficient (Wildman–Crippen LogP) is 3.32. The molecule has 2 aliphatic heterocycles. The van der Waals surface area contributed by atoms with Gasteiger partial charge in [0.05, 0.1) is 6.67 Å². The maximum atomic E-state index is 13.1. The summed E-state index contributed by atoms with van der Waals surface area (Å²) in [6.45, 7) is 3.77. The number of aromatic nitrogens is 3. The van der Waals surface area contributed by atoms with Crippen molar-refractivity contribution in [3.63, 3.8) is 0 Å². The van der Waals surface area contributed by atoms with Crippen molar-refractivity contribution < 1.29 is 87.7 Å². The number of nitrogens with zero attached hydrogens (tertiary/aromatic N) is 5. The van der Waals surface area contributed by atoms with Gasteiger partial charge in [-0.1, -0.05) is 11.2 Å². The molecule has 2 saturated heterocycles. The fourth-order valence-corrected chi connectivity index (χ4v) is 4.67. The molecular formula is C30H29F10N7O9. The molecule has 2 amide bonds. The minimum absolute atomic E-state index is 0.0858. The molecule has 2 aliphatic rings. The lowest BCUT2D eigenvalue weighted by Gasteiger charge is -2.42. The van der Waals surface area contributed by atoms with Gasteiger partial charge in [0, 0.05) is 50.7 Å². The van der Waals surface area contributed by atoms with Gasteiger partial charge in [0.1, 0.15) is 11.4 Å². The molecule has 0 unspecified atom stereocenters. The van der Waals surface area contributed by atoms with Crippen LogP contribution in [0.5, 0.6) is 0 Å². The largest absolute Gasteiger partial charge is 0.490 e. The third-order valence-corrected chi connectivity index (χ3v) is 7.40. The van der Waals surface area contributed by atoms with E-state index in [-0.39, 0.29) is 23.4 Å². The van der Waals surface area contributed by atoms with Crippen molar-refractivity contribution in [3.8, 4) is 11.4 Å². The highest BCUT2D eigenvalue weighted by Crippen LogP contribution is 2.33. The van der Waals surface area contributed by atoms with Crippen LogP contribution in [0.3, 0.4) is 0 Å². The summed E-state index contributed by atoms with van der Waals surface area (Å²) < 4.78 is 113. The van der Waals surface area contributed by atoms with Gasteiger partial charge < -0.3 is 35.4 Å². The van der Waals surface area contributed by atoms with E-state index in [9.17, 15) is 53.5 Å². The summed E-state index contributed by atoms with van der Waals surface area (Å²) in [6.07, 6.45) is -10.2. The van der Waals surface area contributed by atoms with Crippen molar-refractivity contribution in [1.82, 2.24) is 35.6 Å². The molecule has 1 spiro atoms. The Bertz CT molecular complexity index is 1720. The molecule has 2 aromatic heterocycles. The van der Waals surface area contributed by atoms with E-state index in [1.807, 2.05) is 18.3 Å². The highest BCUT2D eigenvalue weighted by molar-refractivity contribution is 5.90. The zero-order valence-electron chi connectivity index (χ0n) is 28.1. The maximum Gasteiger partial charge on any atom is 0.490 e. The topological polar surface area (TPSA) is 228 Å². The van der Waals surface area contributed by atoms with Gasteiger partial charge in [0.15, 0.2) is 0 Å². The van der Waals surface area contributed by atoms with Crippen LogP contribution in [0.2, 0.25) is 0 Å². The number of carboxylic acids is 3. The molecule has 26 heteroatoms. The highest BCUT2D eigenvalue weighted by atomic mass is 19.4. The van der Waals surface area contributed by atoms with Crippen LogP contribution in [-0.2, 0) is 25.7 Å². The number of aliphatic carboxylic acids is 3. The Morgan fingerprint density at radius 3 is 1.84 bits per heavy atom. The average Bonchev–Trinajstić information content (AvgIpc) is 3.72. The van der Waals surface area contributed by atoms with Gasteiger partial charge in [-0.3, -0.25) is 19.5 Å². The minimum atomic E-state index is -5.08. The number of amides is 2. The van der Waals surface area contributed by atoms with Crippen LogP contribution >= 0.6 is 0 Å². The number of nitrogens with one attached hydrogen (secondary N) is 2. The number of halogens is 10. The summed E-state index contributed by atoms with van der Waals surface area (Å²) in [4.78, 5) is 64.6. The Hall–Kier alpha value is -5.92. The molecule has 3 aromatic rings. The van der Waals surface area contributed by atoms with Crippen molar-refractivity contribution in [2.24, 2.45) is 0 Å². The van der Waals surface area contributed by atoms with Crippen molar-refractivity contribution in [2.45, 2.75) is 43.5 Å². The zero-order chi connectivity index (χ0) is 42.5. The van der Waals surface area contributed by atoms with Gasteiger partial charge in [0.2, 0.25) is 11.7 Å². The first kappa shape index (κ1) is 46.2. The van der Waals surface area contributed by atoms with E-state index in [2.05, 4.69) is 35.6 Å². The molecule has 5 N–H and O–H groups in total. The molecular weight excluding hydrogens is 792 g/mol. The van der Waals surface area contributed by atoms with Gasteiger partial charge in [-0.15, -0.1) is 0 Å². The Morgan fingerprint density at radius 2 is 1.38 bits per heavy atom. The van der Waals surface area contributed by atoms with Crippen molar-refractivity contribution in [1.29, 1.82) is 0 Å². The first-order valence-corrected chi connectivity index (χ1v) is 15.3. The second kappa shape index (κ2) is 19.6. The van der Waals surface area contributed by atoms with E-state index in [1.165, 1.54) is 24.3 Å². The van der Waals surface area contributed by atoms with Gasteiger partial charge >= 0.3 is 48.2 Å². The molecule has 1 aromatic carbocycles. The van der Waals surface area contributed by atoms with Gasteiger partial charge in [0.25, 0.3) is 0 Å². The van der Waals surface area contributed by atoms with Crippen LogP contribution in [0.15, 0.2) is 53.3 Å². The van der Waals surface area contributed by atoms with E-state index in [1.54, 1.807) is 6.20 Å². The quantitative estimate of drug-likeness (QED) is 0.216. The number of piperidine rings is 1. The summed E-state index contributed by atoms with van der Waals surface area (Å²) in [5, 5.41) is 31.0. The van der Waals surface area contributed by atoms with Crippen molar-refractivity contribution in [3.05, 3.63) is 66.1 Å². The predicted molar refractivity (Wildman–Crippen MR) is 164 cm³/mol. The van der Waals surface area contributed by atoms with Crippen LogP contribution < -0.4 is 10.6 Å². The number of alkyl halides is 9. The zero-order valence-corrected chi connectivity index (χ0v) is 28.1. The van der Waals surface area contributed by atoms with Crippen LogP contribution in [0.25, 0.3) is 11.4 Å². The standard InChI is InChI=1S/C24H26FN7O3.3C2HF3O2/c25-19-5-3-18(4-6-19)20-29-22(35-30-20)21(33)27-10-13-31-11-7-24(8-12-31)23(34)28-16-32(24)15-17-2-1-9-26-14-17;3*3-2(4,5)1(6)7/h1-6,9,14H,7-8,10-13,15-16H2,(H,27,33)(H,28,34);3*(H,6,7). The lowest BCUT2D eigenvalue weighted by Crippen LogP contribution is -2.56. The van der Waals surface area contributed by atoms with E-state index in [0.717, 1.165) is 31.5 Å². The molecule has 4 heterocycles. The Balaban J connectivity index is 0.000000423. The molecule has 0 bridgehead atoms. The first-order chi connectivity index (χ1) is 25.9. The molecule has 0 radical (unpaired) electrons. The normalized spacial score (nSPS) is 15.5. The van der Waals surface area contributed by atoms with Gasteiger partial charge in [-0.25, -0.2) is 18.8 Å². The summed E-state index contributed by atoms with van der Waals surface area (Å²) in [5.41, 5.74) is 1.14. The summed E-state index contributed by atoms with van der Waals surface area (Å²) in [6, 6.07) is 9.55. The Labute approximate surface area is 307 Å². The fraction of sp³-hybridized carbons (Fsp3) is 0.400.